The first-order chi connectivity index (χ1) is 6.86. The van der Waals surface area contributed by atoms with E-state index in [0.29, 0.717) is 0 Å². The molecule has 1 atom stereocenters. The molecule has 1 unspecified atom stereocenters. The number of nitriles is 1. The van der Waals surface area contributed by atoms with E-state index in [9.17, 15) is 13.2 Å². The molecule has 0 amide bonds. The van der Waals surface area contributed by atoms with Crippen molar-refractivity contribution in [3.05, 3.63) is 5.82 Å². The van der Waals surface area contributed by atoms with Crippen LogP contribution in [0.25, 0.3) is 0 Å². The molecule has 9 heteroatoms. The fraction of sp³-hybridized carbons (Fsp3) is 0.500. The maximum Gasteiger partial charge on any atom is 0.242 e. The molecule has 0 spiro atoms. The van der Waals surface area contributed by atoms with Gasteiger partial charge in [0.2, 0.25) is 16.9 Å². The summed E-state index contributed by atoms with van der Waals surface area (Å²) < 4.78 is 22.1. The van der Waals surface area contributed by atoms with E-state index in [0.717, 1.165) is 11.1 Å². The second-order valence-electron chi connectivity index (χ2n) is 2.81. The zero-order valence-corrected chi connectivity index (χ0v) is 8.76. The highest BCUT2D eigenvalue weighted by molar-refractivity contribution is 7.92. The number of nitrogens with zero attached hydrogens (tertiary/aromatic N) is 5. The van der Waals surface area contributed by atoms with Crippen molar-refractivity contribution in [2.45, 2.75) is 5.25 Å². The summed E-state index contributed by atoms with van der Waals surface area (Å²) in [4.78, 5) is 12.5. The van der Waals surface area contributed by atoms with Gasteiger partial charge in [-0.15, -0.1) is 10.2 Å². The number of tetrazole rings is 1. The molecule has 0 saturated heterocycles. The van der Waals surface area contributed by atoms with Gasteiger partial charge in [0.1, 0.15) is 0 Å². The highest BCUT2D eigenvalue weighted by atomic mass is 32.2. The van der Waals surface area contributed by atoms with Crippen LogP contribution in [0.4, 0.5) is 0 Å². The maximum absolute atomic E-state index is 11.5. The van der Waals surface area contributed by atoms with Gasteiger partial charge >= 0.3 is 0 Å². The maximum atomic E-state index is 11.5. The molecular formula is C6H7N5O3S. The van der Waals surface area contributed by atoms with Crippen LogP contribution in [0.2, 0.25) is 0 Å². The van der Waals surface area contributed by atoms with Gasteiger partial charge in [0, 0.05) is 6.26 Å². The number of sulfone groups is 1. The van der Waals surface area contributed by atoms with Crippen molar-refractivity contribution < 1.29 is 13.2 Å². The Bertz CT molecular complexity index is 525. The van der Waals surface area contributed by atoms with Crippen molar-refractivity contribution in [3.63, 3.8) is 0 Å². The predicted octanol–water partition coefficient (Wildman–Crippen LogP) is -1.67. The summed E-state index contributed by atoms with van der Waals surface area (Å²) in [7, 11) is -2.36. The summed E-state index contributed by atoms with van der Waals surface area (Å²) in [5.74, 6) is -1.34. The second-order valence-corrected chi connectivity index (χ2v) is 4.94. The molecule has 0 saturated carbocycles. The molecule has 0 bridgehead atoms. The van der Waals surface area contributed by atoms with Crippen molar-refractivity contribution in [2.24, 2.45) is 7.05 Å². The summed E-state index contributed by atoms with van der Waals surface area (Å²) >= 11 is 0. The topological polar surface area (TPSA) is 119 Å². The van der Waals surface area contributed by atoms with Crippen LogP contribution in [0.5, 0.6) is 0 Å². The minimum absolute atomic E-state index is 0.380. The Kier molecular flexibility index (Phi) is 2.81. The SMILES string of the molecule is Cn1nnc(C(=O)C(C#N)S(C)(=O)=O)n1. The number of carbonyl (C=O) groups excluding carboxylic acids is 1. The summed E-state index contributed by atoms with van der Waals surface area (Å²) in [5, 5.41) is 17.0. The van der Waals surface area contributed by atoms with Crippen molar-refractivity contribution >= 4 is 15.6 Å². The van der Waals surface area contributed by atoms with Crippen molar-refractivity contribution in [3.8, 4) is 6.07 Å². The van der Waals surface area contributed by atoms with Crippen LogP contribution in [0.3, 0.4) is 0 Å². The average molecular weight is 229 g/mol. The third-order valence-electron chi connectivity index (χ3n) is 1.51. The molecule has 1 rings (SSSR count). The molecule has 0 aliphatic carbocycles. The summed E-state index contributed by atoms with van der Waals surface area (Å²) in [6.45, 7) is 0. The largest absolute Gasteiger partial charge is 0.288 e. The van der Waals surface area contributed by atoms with Crippen molar-refractivity contribution in [1.82, 2.24) is 20.2 Å². The Morgan fingerprint density at radius 1 is 1.60 bits per heavy atom. The number of hydrogen-bond acceptors (Lipinski definition) is 7. The molecule has 0 aliphatic rings. The zero-order valence-electron chi connectivity index (χ0n) is 7.95. The van der Waals surface area contributed by atoms with E-state index in [1.165, 1.54) is 13.1 Å². The van der Waals surface area contributed by atoms with E-state index in [1.807, 2.05) is 0 Å². The average Bonchev–Trinajstić information content (AvgIpc) is 2.50. The normalized spacial score (nSPS) is 13.1. The molecule has 0 aromatic carbocycles. The third-order valence-corrected chi connectivity index (χ3v) is 2.69. The lowest BCUT2D eigenvalue weighted by Gasteiger charge is -2.00. The first-order valence-electron chi connectivity index (χ1n) is 3.73. The van der Waals surface area contributed by atoms with E-state index in [1.54, 1.807) is 0 Å². The van der Waals surface area contributed by atoms with Crippen LogP contribution >= 0.6 is 0 Å². The van der Waals surface area contributed by atoms with Crippen LogP contribution in [-0.4, -0.2) is 45.9 Å². The van der Waals surface area contributed by atoms with Gasteiger partial charge < -0.3 is 0 Å². The fourth-order valence-corrected chi connectivity index (χ4v) is 1.53. The lowest BCUT2D eigenvalue weighted by Crippen LogP contribution is -2.29. The quantitative estimate of drug-likeness (QED) is 0.568. The predicted molar refractivity (Wildman–Crippen MR) is 47.4 cm³/mol. The van der Waals surface area contributed by atoms with Crippen LogP contribution in [0, 0.1) is 11.3 Å². The molecule has 0 radical (unpaired) electrons. The Morgan fingerprint density at radius 2 is 2.20 bits per heavy atom. The summed E-state index contributed by atoms with van der Waals surface area (Å²) in [6.07, 6.45) is 0.801. The molecule has 1 aromatic heterocycles. The number of aryl methyl sites for hydroxylation is 1. The molecular weight excluding hydrogens is 222 g/mol. The summed E-state index contributed by atoms with van der Waals surface area (Å²) in [5.41, 5.74) is 0. The number of rotatable bonds is 3. The van der Waals surface area contributed by atoms with E-state index < -0.39 is 20.9 Å². The van der Waals surface area contributed by atoms with Gasteiger partial charge in [0.25, 0.3) is 0 Å². The van der Waals surface area contributed by atoms with Gasteiger partial charge in [-0.2, -0.15) is 10.1 Å². The van der Waals surface area contributed by atoms with E-state index in [2.05, 4.69) is 15.4 Å². The fourth-order valence-electron chi connectivity index (χ4n) is 0.849. The van der Waals surface area contributed by atoms with Crippen LogP contribution in [0.1, 0.15) is 10.6 Å². The molecule has 1 aromatic rings. The number of Topliss-reactive ketones (excluding diaryl/α,β-unsaturated/α-hetero) is 1. The highest BCUT2D eigenvalue weighted by Gasteiger charge is 2.32. The minimum atomic E-state index is -3.78. The van der Waals surface area contributed by atoms with E-state index in [4.69, 9.17) is 5.26 Å². The first kappa shape index (κ1) is 11.3. The van der Waals surface area contributed by atoms with Gasteiger partial charge in [-0.1, -0.05) is 0 Å². The molecule has 80 valence electrons. The lowest BCUT2D eigenvalue weighted by atomic mass is 10.3. The lowest BCUT2D eigenvalue weighted by molar-refractivity contribution is 0.0990. The molecule has 15 heavy (non-hydrogen) atoms. The molecule has 1 heterocycles. The van der Waals surface area contributed by atoms with Gasteiger partial charge in [0.15, 0.2) is 9.84 Å². The van der Waals surface area contributed by atoms with Gasteiger partial charge in [-0.25, -0.2) is 8.42 Å². The zero-order chi connectivity index (χ0) is 11.6. The first-order valence-corrected chi connectivity index (χ1v) is 5.68. The van der Waals surface area contributed by atoms with Gasteiger partial charge in [0.05, 0.1) is 13.1 Å². The van der Waals surface area contributed by atoms with Crippen molar-refractivity contribution in [1.29, 1.82) is 5.26 Å². The Hall–Kier alpha value is -1.82. The summed E-state index contributed by atoms with van der Waals surface area (Å²) in [6, 6.07) is 1.39. The van der Waals surface area contributed by atoms with Crippen LogP contribution in [-0.2, 0) is 16.9 Å². The number of ketones is 1. The molecule has 0 aliphatic heterocycles. The molecule has 0 fully saturated rings. The van der Waals surface area contributed by atoms with Gasteiger partial charge in [-0.05, 0) is 5.21 Å². The Morgan fingerprint density at radius 3 is 2.53 bits per heavy atom. The smallest absolute Gasteiger partial charge is 0.242 e. The minimum Gasteiger partial charge on any atom is -0.288 e. The van der Waals surface area contributed by atoms with E-state index >= 15 is 0 Å². The standard InChI is InChI=1S/C6H7N5O3S/c1-11-9-6(8-10-11)5(12)4(3-7)15(2,13)14/h4H,1-2H3. The van der Waals surface area contributed by atoms with E-state index in [-0.39, 0.29) is 5.82 Å². The molecule has 8 nitrogen and oxygen atoms in total. The number of hydrogen-bond donors (Lipinski definition) is 0. The Balaban J connectivity index is 3.10. The molecule has 0 N–H and O–H groups in total. The Labute approximate surface area is 85.4 Å². The van der Waals surface area contributed by atoms with Crippen LogP contribution < -0.4 is 0 Å². The van der Waals surface area contributed by atoms with Gasteiger partial charge in [-0.3, -0.25) is 4.79 Å². The second kappa shape index (κ2) is 3.74. The highest BCUT2D eigenvalue weighted by Crippen LogP contribution is 2.04. The number of aromatic nitrogens is 4. The van der Waals surface area contributed by atoms with Crippen molar-refractivity contribution in [2.75, 3.05) is 6.26 Å². The number of carbonyl (C=O) groups is 1. The third kappa shape index (κ3) is 2.35. The van der Waals surface area contributed by atoms with Crippen LogP contribution in [0.15, 0.2) is 0 Å². The monoisotopic (exact) mass is 229 g/mol.